The van der Waals surface area contributed by atoms with E-state index in [4.69, 9.17) is 0 Å². The van der Waals surface area contributed by atoms with Gasteiger partial charge in [0.25, 0.3) is 5.91 Å². The predicted octanol–water partition coefficient (Wildman–Crippen LogP) is 2.75. The van der Waals surface area contributed by atoms with Crippen molar-refractivity contribution in [1.82, 2.24) is 15.5 Å². The fraction of sp³-hybridized carbons (Fsp3) is 0.550. The summed E-state index contributed by atoms with van der Waals surface area (Å²) in [6.45, 7) is 0.272. The van der Waals surface area contributed by atoms with Crippen molar-refractivity contribution >= 4 is 17.8 Å². The van der Waals surface area contributed by atoms with E-state index in [9.17, 15) is 23.2 Å². The smallest absolute Gasteiger partial charge is 0.387 e. The number of benzene rings is 1. The van der Waals surface area contributed by atoms with Gasteiger partial charge in [-0.2, -0.15) is 8.78 Å². The summed E-state index contributed by atoms with van der Waals surface area (Å²) in [6.07, 6.45) is 4.11. The van der Waals surface area contributed by atoms with Gasteiger partial charge >= 0.3 is 12.6 Å². The van der Waals surface area contributed by atoms with Gasteiger partial charge in [0.1, 0.15) is 17.8 Å². The van der Waals surface area contributed by atoms with Crippen LogP contribution in [0.3, 0.4) is 0 Å². The van der Waals surface area contributed by atoms with Gasteiger partial charge in [-0.3, -0.25) is 14.5 Å². The summed E-state index contributed by atoms with van der Waals surface area (Å²) in [4.78, 5) is 38.6. The average molecular weight is 409 g/mol. The monoisotopic (exact) mass is 409 g/mol. The van der Waals surface area contributed by atoms with Crippen molar-refractivity contribution in [2.75, 3.05) is 6.54 Å². The zero-order chi connectivity index (χ0) is 21.2. The van der Waals surface area contributed by atoms with E-state index in [1.165, 1.54) is 31.2 Å². The fourth-order valence-electron chi connectivity index (χ4n) is 3.93. The fourth-order valence-corrected chi connectivity index (χ4v) is 3.93. The van der Waals surface area contributed by atoms with Gasteiger partial charge in [0, 0.05) is 6.04 Å². The molecule has 1 aliphatic heterocycles. The standard InChI is InChI=1S/C20H25F2N3O4/c1-12-5-3-4-6-15(12)23-16(26)11-25-17(27)20(2,24-19(25)28)13-7-9-14(10-8-13)29-18(21)22/h7-10,12,15,18H,3-6,11H2,1-2H3,(H,23,26)(H,24,28)/t12-,15+,20-/m1/s1. The molecule has 29 heavy (non-hydrogen) atoms. The van der Waals surface area contributed by atoms with Crippen molar-refractivity contribution in [3.63, 3.8) is 0 Å². The second-order valence-electron chi connectivity index (χ2n) is 7.79. The number of urea groups is 1. The number of hydrogen-bond acceptors (Lipinski definition) is 4. The predicted molar refractivity (Wildman–Crippen MR) is 100 cm³/mol. The lowest BCUT2D eigenvalue weighted by atomic mass is 9.86. The second-order valence-corrected chi connectivity index (χ2v) is 7.79. The minimum absolute atomic E-state index is 0.0470. The summed E-state index contributed by atoms with van der Waals surface area (Å²) in [5, 5.41) is 5.52. The number of alkyl halides is 2. The minimum atomic E-state index is -2.95. The Labute approximate surface area is 167 Å². The highest BCUT2D eigenvalue weighted by Gasteiger charge is 2.49. The number of ether oxygens (including phenoxy) is 1. The van der Waals surface area contributed by atoms with E-state index in [-0.39, 0.29) is 24.2 Å². The molecule has 2 fully saturated rings. The van der Waals surface area contributed by atoms with E-state index in [2.05, 4.69) is 22.3 Å². The molecule has 3 rings (SSSR count). The first-order valence-electron chi connectivity index (χ1n) is 9.69. The summed E-state index contributed by atoms with van der Waals surface area (Å²) in [7, 11) is 0. The lowest BCUT2D eigenvalue weighted by Crippen LogP contribution is -2.47. The molecule has 0 bridgehead atoms. The third kappa shape index (κ3) is 4.49. The lowest BCUT2D eigenvalue weighted by Gasteiger charge is -2.30. The number of imide groups is 1. The molecule has 7 nitrogen and oxygen atoms in total. The Balaban J connectivity index is 1.67. The summed E-state index contributed by atoms with van der Waals surface area (Å²) in [6, 6.07) is 4.84. The number of rotatable bonds is 6. The van der Waals surface area contributed by atoms with Crippen LogP contribution >= 0.6 is 0 Å². The second kappa shape index (κ2) is 8.34. The van der Waals surface area contributed by atoms with Gasteiger partial charge in [-0.25, -0.2) is 4.79 Å². The number of halogens is 2. The molecule has 0 unspecified atom stereocenters. The van der Waals surface area contributed by atoms with Gasteiger partial charge in [0.05, 0.1) is 0 Å². The van der Waals surface area contributed by atoms with E-state index in [0.29, 0.717) is 11.5 Å². The van der Waals surface area contributed by atoms with E-state index in [0.717, 1.165) is 30.6 Å². The summed E-state index contributed by atoms with van der Waals surface area (Å²) in [5.74, 6) is -0.647. The van der Waals surface area contributed by atoms with Crippen LogP contribution in [0.2, 0.25) is 0 Å². The Morgan fingerprint density at radius 2 is 1.93 bits per heavy atom. The first-order chi connectivity index (χ1) is 13.7. The first-order valence-corrected chi connectivity index (χ1v) is 9.69. The van der Waals surface area contributed by atoms with Crippen LogP contribution < -0.4 is 15.4 Å². The number of carbonyl (C=O) groups is 3. The van der Waals surface area contributed by atoms with E-state index in [1.807, 2.05) is 0 Å². The average Bonchev–Trinajstić information content (AvgIpc) is 2.88. The van der Waals surface area contributed by atoms with Gasteiger partial charge < -0.3 is 15.4 Å². The van der Waals surface area contributed by atoms with Crippen molar-refractivity contribution in [3.05, 3.63) is 29.8 Å². The zero-order valence-electron chi connectivity index (χ0n) is 16.4. The largest absolute Gasteiger partial charge is 0.435 e. The number of nitrogens with one attached hydrogen (secondary N) is 2. The van der Waals surface area contributed by atoms with Gasteiger partial charge in [0.15, 0.2) is 0 Å². The van der Waals surface area contributed by atoms with Crippen LogP contribution in [0.4, 0.5) is 13.6 Å². The Kier molecular flexibility index (Phi) is 6.04. The molecule has 1 saturated carbocycles. The van der Waals surface area contributed by atoms with Crippen LogP contribution in [-0.2, 0) is 15.1 Å². The molecule has 1 aromatic carbocycles. The molecule has 0 spiro atoms. The number of carbonyl (C=O) groups excluding carboxylic acids is 3. The molecule has 1 aromatic rings. The maximum Gasteiger partial charge on any atom is 0.387 e. The van der Waals surface area contributed by atoms with Crippen LogP contribution in [0, 0.1) is 5.92 Å². The van der Waals surface area contributed by atoms with Crippen LogP contribution in [-0.4, -0.2) is 41.9 Å². The topological polar surface area (TPSA) is 87.7 Å². The summed E-state index contributed by atoms with van der Waals surface area (Å²) < 4.78 is 28.9. The van der Waals surface area contributed by atoms with Gasteiger partial charge in [-0.15, -0.1) is 0 Å². The molecule has 1 heterocycles. The van der Waals surface area contributed by atoms with Gasteiger partial charge in [0.2, 0.25) is 5.91 Å². The Hall–Kier alpha value is -2.71. The normalized spacial score (nSPS) is 27.1. The number of nitrogens with zero attached hydrogens (tertiary/aromatic N) is 1. The SMILES string of the molecule is C[C@@H]1CCCC[C@@H]1NC(=O)CN1C(=O)N[C@](C)(c2ccc(OC(F)F)cc2)C1=O. The van der Waals surface area contributed by atoms with Gasteiger partial charge in [-0.1, -0.05) is 31.9 Å². The van der Waals surface area contributed by atoms with Crippen LogP contribution in [0.1, 0.15) is 45.1 Å². The minimum Gasteiger partial charge on any atom is -0.435 e. The highest BCUT2D eigenvalue weighted by atomic mass is 19.3. The van der Waals surface area contributed by atoms with E-state index < -0.39 is 24.1 Å². The van der Waals surface area contributed by atoms with Crippen LogP contribution in [0.25, 0.3) is 0 Å². The molecule has 2 N–H and O–H groups in total. The summed E-state index contributed by atoms with van der Waals surface area (Å²) >= 11 is 0. The zero-order valence-corrected chi connectivity index (χ0v) is 16.4. The molecular formula is C20H25F2N3O4. The summed E-state index contributed by atoms with van der Waals surface area (Å²) in [5.41, 5.74) is -0.986. The van der Waals surface area contributed by atoms with E-state index in [1.54, 1.807) is 0 Å². The maximum absolute atomic E-state index is 12.9. The molecule has 9 heteroatoms. The molecule has 4 amide bonds. The Bertz CT molecular complexity index is 786. The van der Waals surface area contributed by atoms with Crippen molar-refractivity contribution in [2.45, 2.75) is 57.7 Å². The third-order valence-corrected chi connectivity index (χ3v) is 5.69. The lowest BCUT2D eigenvalue weighted by molar-refractivity contribution is -0.135. The van der Waals surface area contributed by atoms with E-state index >= 15 is 0 Å². The van der Waals surface area contributed by atoms with Gasteiger partial charge in [-0.05, 0) is 43.4 Å². The van der Waals surface area contributed by atoms with Crippen molar-refractivity contribution in [3.8, 4) is 5.75 Å². The number of hydrogen-bond donors (Lipinski definition) is 2. The highest BCUT2D eigenvalue weighted by Crippen LogP contribution is 2.30. The molecule has 1 aliphatic carbocycles. The molecule has 158 valence electrons. The van der Waals surface area contributed by atoms with Crippen molar-refractivity contribution in [2.24, 2.45) is 5.92 Å². The molecule has 1 saturated heterocycles. The molecular weight excluding hydrogens is 384 g/mol. The molecule has 2 aliphatic rings. The maximum atomic E-state index is 12.9. The molecule has 0 radical (unpaired) electrons. The Morgan fingerprint density at radius 1 is 1.28 bits per heavy atom. The number of amides is 4. The quantitative estimate of drug-likeness (QED) is 0.708. The third-order valence-electron chi connectivity index (χ3n) is 5.69. The van der Waals surface area contributed by atoms with Crippen LogP contribution in [0.5, 0.6) is 5.75 Å². The van der Waals surface area contributed by atoms with Crippen LogP contribution in [0.15, 0.2) is 24.3 Å². The Morgan fingerprint density at radius 3 is 2.55 bits per heavy atom. The first kappa shape index (κ1) is 21.0. The van der Waals surface area contributed by atoms with Crippen molar-refractivity contribution < 1.29 is 27.9 Å². The highest BCUT2D eigenvalue weighted by molar-refractivity contribution is 6.09. The molecule has 3 atom stereocenters. The van der Waals surface area contributed by atoms with Crippen molar-refractivity contribution in [1.29, 1.82) is 0 Å². The molecule has 0 aromatic heterocycles.